The molecule has 0 aliphatic heterocycles. The third-order valence-corrected chi connectivity index (χ3v) is 4.06. The summed E-state index contributed by atoms with van der Waals surface area (Å²) < 4.78 is 34.2. The fourth-order valence-corrected chi connectivity index (χ4v) is 2.41. The second kappa shape index (κ2) is 6.78. The Morgan fingerprint density at radius 2 is 1.35 bits per heavy atom. The van der Waals surface area contributed by atoms with Crippen LogP contribution in [0.15, 0.2) is 53.4 Å². The number of carbonyl (C=O) groups excluding carboxylic acids is 1. The van der Waals surface area contributed by atoms with Crippen LogP contribution in [0.3, 0.4) is 0 Å². The van der Waals surface area contributed by atoms with Gasteiger partial charge in [-0.1, -0.05) is 26.0 Å². The molecule has 0 unspecified atom stereocenters. The topological polar surface area (TPSA) is 75.3 Å². The normalized spacial score (nSPS) is 11.3. The van der Waals surface area contributed by atoms with Crippen molar-refractivity contribution in [2.75, 3.05) is 10.6 Å². The second-order valence-electron chi connectivity index (χ2n) is 5.32. The molecule has 5 nitrogen and oxygen atoms in total. The van der Waals surface area contributed by atoms with Crippen LogP contribution in [0.25, 0.3) is 0 Å². The van der Waals surface area contributed by atoms with Gasteiger partial charge >= 0.3 is 16.3 Å². The number of amides is 2. The molecule has 0 atom stereocenters. The van der Waals surface area contributed by atoms with Crippen molar-refractivity contribution in [3.8, 4) is 0 Å². The molecular formula is C16H17FN2O3S. The van der Waals surface area contributed by atoms with Crippen LogP contribution >= 0.6 is 0 Å². The van der Waals surface area contributed by atoms with Gasteiger partial charge in [-0.15, -0.1) is 3.89 Å². The van der Waals surface area contributed by atoms with Crippen molar-refractivity contribution in [2.24, 2.45) is 0 Å². The van der Waals surface area contributed by atoms with Gasteiger partial charge < -0.3 is 10.6 Å². The minimum Gasteiger partial charge on any atom is -0.308 e. The summed E-state index contributed by atoms with van der Waals surface area (Å²) in [5, 5.41) is 5.20. The van der Waals surface area contributed by atoms with Crippen molar-refractivity contribution < 1.29 is 17.1 Å². The van der Waals surface area contributed by atoms with Gasteiger partial charge in [0.15, 0.2) is 0 Å². The molecule has 2 aromatic carbocycles. The van der Waals surface area contributed by atoms with E-state index in [4.69, 9.17) is 0 Å². The number of benzene rings is 2. The zero-order valence-electron chi connectivity index (χ0n) is 12.7. The first-order valence-corrected chi connectivity index (χ1v) is 8.37. The molecule has 0 saturated carbocycles. The number of nitrogens with one attached hydrogen (secondary N) is 2. The molecule has 0 aliphatic carbocycles. The SMILES string of the molecule is CC(C)c1ccc(NC(=O)Nc2ccc(S(=O)(=O)F)cc2)cc1. The summed E-state index contributed by atoms with van der Waals surface area (Å²) in [5.41, 5.74) is 2.16. The first kappa shape index (κ1) is 17.0. The van der Waals surface area contributed by atoms with Gasteiger partial charge in [-0.3, -0.25) is 0 Å². The highest BCUT2D eigenvalue weighted by Crippen LogP contribution is 2.18. The van der Waals surface area contributed by atoms with Crippen molar-refractivity contribution in [1.82, 2.24) is 0 Å². The number of hydrogen-bond donors (Lipinski definition) is 2. The number of halogens is 1. The van der Waals surface area contributed by atoms with E-state index >= 15 is 0 Å². The maximum Gasteiger partial charge on any atom is 0.332 e. The molecule has 2 amide bonds. The lowest BCUT2D eigenvalue weighted by atomic mass is 10.0. The molecule has 7 heteroatoms. The first-order valence-electron chi connectivity index (χ1n) is 6.98. The molecule has 0 aliphatic rings. The second-order valence-corrected chi connectivity index (χ2v) is 6.67. The maximum absolute atomic E-state index is 12.8. The highest BCUT2D eigenvalue weighted by molar-refractivity contribution is 7.86. The van der Waals surface area contributed by atoms with E-state index in [9.17, 15) is 17.1 Å². The Labute approximate surface area is 134 Å². The van der Waals surface area contributed by atoms with E-state index in [0.717, 1.165) is 12.1 Å². The molecule has 0 saturated heterocycles. The minimum absolute atomic E-state index is 0.355. The van der Waals surface area contributed by atoms with Crippen LogP contribution in [0.5, 0.6) is 0 Å². The van der Waals surface area contributed by atoms with E-state index in [1.54, 1.807) is 12.1 Å². The molecule has 0 radical (unpaired) electrons. The van der Waals surface area contributed by atoms with Gasteiger partial charge in [-0.25, -0.2) is 4.79 Å². The predicted molar refractivity (Wildman–Crippen MR) is 87.9 cm³/mol. The van der Waals surface area contributed by atoms with Gasteiger partial charge in [0.05, 0.1) is 4.90 Å². The van der Waals surface area contributed by atoms with E-state index in [0.29, 0.717) is 17.3 Å². The third-order valence-electron chi connectivity index (χ3n) is 3.23. The molecule has 0 fully saturated rings. The zero-order chi connectivity index (χ0) is 17.0. The van der Waals surface area contributed by atoms with E-state index in [1.165, 1.54) is 17.7 Å². The Hall–Kier alpha value is -2.41. The van der Waals surface area contributed by atoms with Crippen molar-refractivity contribution >= 4 is 27.6 Å². The fourth-order valence-electron chi connectivity index (χ4n) is 1.95. The highest BCUT2D eigenvalue weighted by atomic mass is 32.3. The number of anilines is 2. The van der Waals surface area contributed by atoms with Crippen molar-refractivity contribution in [3.63, 3.8) is 0 Å². The predicted octanol–water partition coefficient (Wildman–Crippen LogP) is 4.11. The lowest BCUT2D eigenvalue weighted by molar-refractivity contribution is 0.262. The average molecular weight is 336 g/mol. The van der Waals surface area contributed by atoms with Crippen LogP contribution in [0.2, 0.25) is 0 Å². The molecule has 2 rings (SSSR count). The average Bonchev–Trinajstić information content (AvgIpc) is 2.47. The Morgan fingerprint density at radius 3 is 1.74 bits per heavy atom. The Kier molecular flexibility index (Phi) is 5.00. The van der Waals surface area contributed by atoms with E-state index in [1.807, 2.05) is 12.1 Å². The zero-order valence-corrected chi connectivity index (χ0v) is 13.5. The first-order chi connectivity index (χ1) is 10.8. The summed E-state index contributed by atoms with van der Waals surface area (Å²) in [4.78, 5) is 11.4. The van der Waals surface area contributed by atoms with Crippen LogP contribution in [-0.2, 0) is 10.2 Å². The summed E-state index contributed by atoms with van der Waals surface area (Å²) in [5.74, 6) is 0.406. The van der Waals surface area contributed by atoms with E-state index in [-0.39, 0.29) is 0 Å². The molecule has 2 N–H and O–H groups in total. The van der Waals surface area contributed by atoms with Gasteiger partial charge in [0.25, 0.3) is 0 Å². The Morgan fingerprint density at radius 1 is 0.913 bits per heavy atom. The lowest BCUT2D eigenvalue weighted by Crippen LogP contribution is -2.19. The molecule has 2 aromatic rings. The van der Waals surface area contributed by atoms with Crippen molar-refractivity contribution in [1.29, 1.82) is 0 Å². The smallest absolute Gasteiger partial charge is 0.308 e. The number of carbonyl (C=O) groups is 1. The number of urea groups is 1. The maximum atomic E-state index is 12.8. The molecule has 23 heavy (non-hydrogen) atoms. The lowest BCUT2D eigenvalue weighted by Gasteiger charge is -2.10. The van der Waals surface area contributed by atoms with Crippen LogP contribution in [0, 0.1) is 0 Å². The van der Waals surface area contributed by atoms with Gasteiger partial charge in [-0.2, -0.15) is 8.42 Å². The minimum atomic E-state index is -4.74. The van der Waals surface area contributed by atoms with Crippen molar-refractivity contribution in [3.05, 3.63) is 54.1 Å². The summed E-state index contributed by atoms with van der Waals surface area (Å²) in [6.07, 6.45) is 0. The molecular weight excluding hydrogens is 319 g/mol. The molecule has 122 valence electrons. The fraction of sp³-hybridized carbons (Fsp3) is 0.188. The Bertz CT molecular complexity index is 785. The van der Waals surface area contributed by atoms with Crippen LogP contribution in [0.1, 0.15) is 25.3 Å². The quantitative estimate of drug-likeness (QED) is 0.825. The van der Waals surface area contributed by atoms with Gasteiger partial charge in [0, 0.05) is 11.4 Å². The monoisotopic (exact) mass is 336 g/mol. The standard InChI is InChI=1S/C16H17FN2O3S/c1-11(2)12-3-5-13(6-4-12)18-16(20)19-14-7-9-15(10-8-14)23(17,21)22/h3-11H,1-2H3,(H2,18,19,20). The molecule has 0 bridgehead atoms. The third kappa shape index (κ3) is 4.79. The molecule has 0 heterocycles. The van der Waals surface area contributed by atoms with Gasteiger partial charge in [0.2, 0.25) is 0 Å². The summed E-state index contributed by atoms with van der Waals surface area (Å²) in [7, 11) is -4.74. The van der Waals surface area contributed by atoms with Crippen LogP contribution < -0.4 is 10.6 Å². The van der Waals surface area contributed by atoms with Crippen LogP contribution in [0.4, 0.5) is 20.1 Å². The molecule has 0 aromatic heterocycles. The number of hydrogen-bond acceptors (Lipinski definition) is 3. The van der Waals surface area contributed by atoms with Crippen molar-refractivity contribution in [2.45, 2.75) is 24.7 Å². The summed E-state index contributed by atoms with van der Waals surface area (Å²) in [6.45, 7) is 4.16. The summed E-state index contributed by atoms with van der Waals surface area (Å²) in [6, 6.07) is 11.8. The van der Waals surface area contributed by atoms with E-state index in [2.05, 4.69) is 24.5 Å². The van der Waals surface area contributed by atoms with Crippen LogP contribution in [-0.4, -0.2) is 14.4 Å². The summed E-state index contributed by atoms with van der Waals surface area (Å²) >= 11 is 0. The largest absolute Gasteiger partial charge is 0.332 e. The van der Waals surface area contributed by atoms with Gasteiger partial charge in [-0.05, 0) is 47.9 Å². The van der Waals surface area contributed by atoms with E-state index < -0.39 is 21.1 Å². The molecule has 0 spiro atoms. The Balaban J connectivity index is 1.99. The van der Waals surface area contributed by atoms with Gasteiger partial charge in [0.1, 0.15) is 0 Å². The highest BCUT2D eigenvalue weighted by Gasteiger charge is 2.11. The number of rotatable bonds is 4.